The summed E-state index contributed by atoms with van der Waals surface area (Å²) in [7, 11) is 0. The van der Waals surface area contributed by atoms with E-state index in [1.165, 1.54) is 35.1 Å². The maximum Gasteiger partial charge on any atom is 0.0998 e. The van der Waals surface area contributed by atoms with Gasteiger partial charge in [0.05, 0.1) is 23.3 Å². The minimum atomic E-state index is 0.656. The first kappa shape index (κ1) is 24.5. The average molecular weight is 569 g/mol. The highest BCUT2D eigenvalue weighted by molar-refractivity contribution is 7.26. The van der Waals surface area contributed by atoms with Gasteiger partial charge in [-0.1, -0.05) is 84.9 Å². The number of nitrogens with zero attached hydrogens (tertiary/aromatic N) is 2. The van der Waals surface area contributed by atoms with Crippen molar-refractivity contribution in [3.8, 4) is 45.5 Å². The molecule has 0 amide bonds. The number of rotatable bonds is 3. The van der Waals surface area contributed by atoms with Gasteiger partial charge in [-0.2, -0.15) is 10.5 Å². The van der Waals surface area contributed by atoms with Gasteiger partial charge in [-0.3, -0.25) is 0 Å². The molecule has 8 aromatic rings. The van der Waals surface area contributed by atoms with Crippen LogP contribution in [-0.4, -0.2) is 0 Å². The fraction of sp³-hybridized carbons (Fsp3) is 0. The molecule has 0 aliphatic heterocycles. The molecule has 0 unspecified atom stereocenters. The molecule has 4 heteroatoms. The molecule has 0 N–H and O–H groups in total. The van der Waals surface area contributed by atoms with Crippen LogP contribution >= 0.6 is 22.7 Å². The van der Waals surface area contributed by atoms with Crippen LogP contribution in [0, 0.1) is 22.7 Å². The van der Waals surface area contributed by atoms with Crippen molar-refractivity contribution in [1.82, 2.24) is 0 Å². The summed E-state index contributed by atoms with van der Waals surface area (Å²) in [5.74, 6) is 0. The first-order chi connectivity index (χ1) is 20.7. The number of hydrogen-bond acceptors (Lipinski definition) is 4. The minimum absolute atomic E-state index is 0.656. The van der Waals surface area contributed by atoms with Crippen LogP contribution in [0.15, 0.2) is 121 Å². The van der Waals surface area contributed by atoms with E-state index in [1.54, 1.807) is 11.3 Å². The van der Waals surface area contributed by atoms with Crippen LogP contribution in [0.3, 0.4) is 0 Å². The SMILES string of the molecule is N#Cc1ccc2sc3c(-c4ccc(-c5cccc6c5sc5ccccc56)c(-c5ccccc5C#N)c4)cccc3c2c1. The molecule has 42 heavy (non-hydrogen) atoms. The second-order valence-electron chi connectivity index (χ2n) is 10.3. The molecule has 0 aliphatic carbocycles. The quantitative estimate of drug-likeness (QED) is 0.213. The minimum Gasteiger partial charge on any atom is -0.192 e. The van der Waals surface area contributed by atoms with Gasteiger partial charge < -0.3 is 0 Å². The zero-order valence-electron chi connectivity index (χ0n) is 22.3. The van der Waals surface area contributed by atoms with Gasteiger partial charge >= 0.3 is 0 Å². The van der Waals surface area contributed by atoms with Gasteiger partial charge in [0, 0.05) is 51.5 Å². The largest absolute Gasteiger partial charge is 0.192 e. The fourth-order valence-electron chi connectivity index (χ4n) is 6.04. The van der Waals surface area contributed by atoms with Crippen LogP contribution in [0.2, 0.25) is 0 Å². The predicted octanol–water partition coefficient (Wildman–Crippen LogP) is 11.2. The Morgan fingerprint density at radius 3 is 1.93 bits per heavy atom. The third kappa shape index (κ3) is 3.75. The van der Waals surface area contributed by atoms with Crippen LogP contribution in [0.25, 0.3) is 73.7 Å². The normalized spacial score (nSPS) is 11.3. The van der Waals surface area contributed by atoms with E-state index in [9.17, 15) is 10.5 Å². The van der Waals surface area contributed by atoms with Crippen molar-refractivity contribution in [2.75, 3.05) is 0 Å². The van der Waals surface area contributed by atoms with Crippen molar-refractivity contribution < 1.29 is 0 Å². The van der Waals surface area contributed by atoms with Crippen molar-refractivity contribution in [3.05, 3.63) is 132 Å². The standard InChI is InChI=1S/C38H20N2S2/c39-21-23-15-18-36-34(19-23)32-13-5-10-27(37(32)42-36)24-16-17-28(33(20-24)26-8-2-1-7-25(26)22-40)30-11-6-12-31-29-9-3-4-14-35(29)41-38(30)31/h1-20H. The molecule has 0 aliphatic rings. The molecule has 8 rings (SSSR count). The Balaban J connectivity index is 1.41. The highest BCUT2D eigenvalue weighted by atomic mass is 32.1. The number of thiophene rings is 2. The summed E-state index contributed by atoms with van der Waals surface area (Å²) in [5, 5.41) is 24.4. The molecule has 0 bridgehead atoms. The predicted molar refractivity (Wildman–Crippen MR) is 178 cm³/mol. The van der Waals surface area contributed by atoms with E-state index >= 15 is 0 Å². The lowest BCUT2D eigenvalue weighted by Crippen LogP contribution is -1.91. The molecule has 0 saturated carbocycles. The summed E-state index contributed by atoms with van der Waals surface area (Å²) in [5.41, 5.74) is 7.83. The Morgan fingerprint density at radius 1 is 0.429 bits per heavy atom. The van der Waals surface area contributed by atoms with Gasteiger partial charge in [0.2, 0.25) is 0 Å². The monoisotopic (exact) mass is 568 g/mol. The highest BCUT2D eigenvalue weighted by Gasteiger charge is 2.18. The molecule has 0 fully saturated rings. The lowest BCUT2D eigenvalue weighted by molar-refractivity contribution is 1.48. The molecule has 0 atom stereocenters. The Bertz CT molecular complexity index is 2450. The first-order valence-electron chi connectivity index (χ1n) is 13.6. The smallest absolute Gasteiger partial charge is 0.0998 e. The summed E-state index contributed by atoms with van der Waals surface area (Å²) in [6, 6.07) is 46.7. The van der Waals surface area contributed by atoms with Crippen molar-refractivity contribution in [1.29, 1.82) is 10.5 Å². The Morgan fingerprint density at radius 2 is 1.10 bits per heavy atom. The molecular weight excluding hydrogens is 549 g/mol. The summed E-state index contributed by atoms with van der Waals surface area (Å²) in [4.78, 5) is 0. The van der Waals surface area contributed by atoms with Crippen LogP contribution in [0.1, 0.15) is 11.1 Å². The number of nitriles is 2. The van der Waals surface area contributed by atoms with E-state index in [0.717, 1.165) is 38.6 Å². The Labute approximate surface area is 250 Å². The van der Waals surface area contributed by atoms with Gasteiger partial charge in [-0.15, -0.1) is 22.7 Å². The van der Waals surface area contributed by atoms with Crippen LogP contribution in [0.4, 0.5) is 0 Å². The maximum absolute atomic E-state index is 10.1. The van der Waals surface area contributed by atoms with Gasteiger partial charge in [0.25, 0.3) is 0 Å². The average Bonchev–Trinajstić information content (AvgIpc) is 3.62. The van der Waals surface area contributed by atoms with Gasteiger partial charge in [-0.05, 0) is 58.7 Å². The molecule has 2 heterocycles. The Kier molecular flexibility index (Phi) is 5.66. The van der Waals surface area contributed by atoms with E-state index < -0.39 is 0 Å². The van der Waals surface area contributed by atoms with Gasteiger partial charge in [-0.25, -0.2) is 0 Å². The molecule has 194 valence electrons. The molecule has 0 radical (unpaired) electrons. The van der Waals surface area contributed by atoms with Crippen LogP contribution in [-0.2, 0) is 0 Å². The summed E-state index contributed by atoms with van der Waals surface area (Å²) >= 11 is 3.57. The zero-order chi connectivity index (χ0) is 28.2. The van der Waals surface area contributed by atoms with E-state index in [0.29, 0.717) is 11.1 Å². The van der Waals surface area contributed by atoms with E-state index in [-0.39, 0.29) is 0 Å². The summed E-state index contributed by atoms with van der Waals surface area (Å²) in [6.45, 7) is 0. The van der Waals surface area contributed by atoms with Crippen LogP contribution < -0.4 is 0 Å². The van der Waals surface area contributed by atoms with Gasteiger partial charge in [0.15, 0.2) is 0 Å². The second kappa shape index (κ2) is 9.68. The Hall–Kier alpha value is -5.26. The number of benzene rings is 6. The second-order valence-corrected chi connectivity index (χ2v) is 12.4. The van der Waals surface area contributed by atoms with Gasteiger partial charge in [0.1, 0.15) is 0 Å². The highest BCUT2D eigenvalue weighted by Crippen LogP contribution is 2.46. The topological polar surface area (TPSA) is 47.6 Å². The van der Waals surface area contributed by atoms with E-state index in [2.05, 4.69) is 97.1 Å². The van der Waals surface area contributed by atoms with Crippen molar-refractivity contribution in [2.45, 2.75) is 0 Å². The summed E-state index contributed by atoms with van der Waals surface area (Å²) in [6.07, 6.45) is 0. The zero-order valence-corrected chi connectivity index (χ0v) is 23.9. The maximum atomic E-state index is 10.1. The van der Waals surface area contributed by atoms with E-state index in [1.807, 2.05) is 47.7 Å². The van der Waals surface area contributed by atoms with Crippen LogP contribution in [0.5, 0.6) is 0 Å². The molecule has 2 aromatic heterocycles. The lowest BCUT2D eigenvalue weighted by Gasteiger charge is -2.15. The fourth-order valence-corrected chi connectivity index (χ4v) is 8.49. The number of fused-ring (bicyclic) bond motifs is 6. The molecule has 0 saturated heterocycles. The van der Waals surface area contributed by atoms with Crippen molar-refractivity contribution in [3.63, 3.8) is 0 Å². The molecule has 2 nitrogen and oxygen atoms in total. The third-order valence-electron chi connectivity index (χ3n) is 7.99. The lowest BCUT2D eigenvalue weighted by atomic mass is 9.88. The van der Waals surface area contributed by atoms with E-state index in [4.69, 9.17) is 0 Å². The molecule has 0 spiro atoms. The third-order valence-corrected chi connectivity index (χ3v) is 10.4. The van der Waals surface area contributed by atoms with Crippen molar-refractivity contribution >= 4 is 63.0 Å². The molecular formula is C38H20N2S2. The number of hydrogen-bond donors (Lipinski definition) is 0. The first-order valence-corrected chi connectivity index (χ1v) is 15.3. The molecule has 6 aromatic carbocycles. The van der Waals surface area contributed by atoms with Crippen molar-refractivity contribution in [2.24, 2.45) is 0 Å². The summed E-state index contributed by atoms with van der Waals surface area (Å²) < 4.78 is 4.88.